The van der Waals surface area contributed by atoms with E-state index in [1.54, 1.807) is 18.2 Å². The van der Waals surface area contributed by atoms with E-state index in [0.717, 1.165) is 18.3 Å². The van der Waals surface area contributed by atoms with Crippen LogP contribution in [0.4, 0.5) is 0 Å². The maximum Gasteiger partial charge on any atom is 0.220 e. The van der Waals surface area contributed by atoms with Crippen LogP contribution in [0.15, 0.2) is 18.2 Å². The summed E-state index contributed by atoms with van der Waals surface area (Å²) in [6.07, 6.45) is 2.08. The quantitative estimate of drug-likeness (QED) is 0.803. The number of nitrogens with one attached hydrogen (secondary N) is 1. The van der Waals surface area contributed by atoms with Crippen LogP contribution in [0, 0.1) is 0 Å². The van der Waals surface area contributed by atoms with Crippen molar-refractivity contribution in [2.45, 2.75) is 26.3 Å². The maximum absolute atomic E-state index is 11.2. The number of hydrogen-bond donors (Lipinski definition) is 1. The van der Waals surface area contributed by atoms with Crippen LogP contribution in [0.3, 0.4) is 0 Å². The van der Waals surface area contributed by atoms with Gasteiger partial charge in [-0.25, -0.2) is 0 Å². The van der Waals surface area contributed by atoms with Gasteiger partial charge in [-0.1, -0.05) is 30.7 Å². The lowest BCUT2D eigenvalue weighted by atomic mass is 10.1. The smallest absolute Gasteiger partial charge is 0.220 e. The molecule has 0 aliphatic carbocycles. The van der Waals surface area contributed by atoms with Crippen LogP contribution in [0.25, 0.3) is 0 Å². The number of benzene rings is 1. The summed E-state index contributed by atoms with van der Waals surface area (Å²) in [6.45, 7) is 2.35. The van der Waals surface area contributed by atoms with E-state index >= 15 is 0 Å². The van der Waals surface area contributed by atoms with Gasteiger partial charge in [0.25, 0.3) is 0 Å². The third-order valence-electron chi connectivity index (χ3n) is 2.17. The van der Waals surface area contributed by atoms with Crippen LogP contribution in [-0.4, -0.2) is 12.2 Å². The Morgan fingerprint density at radius 1 is 1.50 bits per heavy atom. The molecule has 0 radical (unpaired) electrons. The topological polar surface area (TPSA) is 46.2 Å². The van der Waals surface area contributed by atoms with E-state index in [2.05, 4.69) is 5.32 Å². The van der Waals surface area contributed by atoms with E-state index in [1.807, 2.05) is 6.92 Å². The summed E-state index contributed by atoms with van der Waals surface area (Å²) in [7, 11) is 0. The third-order valence-corrected chi connectivity index (χ3v) is 2.52. The van der Waals surface area contributed by atoms with Crippen molar-refractivity contribution in [2.75, 3.05) is 0 Å². The maximum atomic E-state index is 11.2. The molecule has 0 fully saturated rings. The number of rotatable bonds is 5. The van der Waals surface area contributed by atoms with Crippen molar-refractivity contribution < 1.29 is 9.59 Å². The van der Waals surface area contributed by atoms with Crippen molar-refractivity contribution in [3.05, 3.63) is 34.3 Å². The van der Waals surface area contributed by atoms with Crippen molar-refractivity contribution in [3.8, 4) is 0 Å². The highest BCUT2D eigenvalue weighted by Gasteiger charge is 2.04. The Bertz CT molecular complexity index is 391. The van der Waals surface area contributed by atoms with E-state index in [4.69, 9.17) is 11.6 Å². The van der Waals surface area contributed by atoms with Crippen LogP contribution in [-0.2, 0) is 11.3 Å². The average molecular weight is 240 g/mol. The van der Waals surface area contributed by atoms with Gasteiger partial charge in [-0.05, 0) is 18.1 Å². The lowest BCUT2D eigenvalue weighted by Crippen LogP contribution is -2.22. The molecule has 1 N–H and O–H groups in total. The van der Waals surface area contributed by atoms with Gasteiger partial charge in [-0.3, -0.25) is 9.59 Å². The molecule has 0 bridgehead atoms. The van der Waals surface area contributed by atoms with Crippen LogP contribution in [0.1, 0.15) is 35.7 Å². The molecule has 0 saturated carbocycles. The predicted octanol–water partition coefficient (Wildman–Crippen LogP) is 2.57. The second kappa shape index (κ2) is 6.28. The molecule has 0 heterocycles. The highest BCUT2D eigenvalue weighted by Crippen LogP contribution is 2.16. The van der Waals surface area contributed by atoms with E-state index < -0.39 is 0 Å². The van der Waals surface area contributed by atoms with Crippen molar-refractivity contribution in [1.29, 1.82) is 0 Å². The molecule has 1 amide bonds. The van der Waals surface area contributed by atoms with Crippen molar-refractivity contribution in [2.24, 2.45) is 0 Å². The SMILES string of the molecule is CCCC(=O)NCc1ccc(C=O)cc1Cl. The van der Waals surface area contributed by atoms with Gasteiger partial charge in [-0.2, -0.15) is 0 Å². The van der Waals surface area contributed by atoms with Crippen LogP contribution >= 0.6 is 11.6 Å². The van der Waals surface area contributed by atoms with E-state index in [-0.39, 0.29) is 5.91 Å². The normalized spacial score (nSPS) is 9.88. The van der Waals surface area contributed by atoms with Crippen LogP contribution in [0.5, 0.6) is 0 Å². The fourth-order valence-corrected chi connectivity index (χ4v) is 1.55. The molecule has 4 heteroatoms. The summed E-state index contributed by atoms with van der Waals surface area (Å²) in [5.41, 5.74) is 1.35. The second-order valence-corrected chi connectivity index (χ2v) is 3.90. The number of carbonyl (C=O) groups excluding carboxylic acids is 2. The molecule has 0 aliphatic heterocycles. The first-order chi connectivity index (χ1) is 7.67. The molecule has 1 aromatic carbocycles. The first kappa shape index (κ1) is 12.7. The molecule has 0 unspecified atom stereocenters. The zero-order chi connectivity index (χ0) is 12.0. The predicted molar refractivity (Wildman–Crippen MR) is 63.6 cm³/mol. The van der Waals surface area contributed by atoms with Crippen molar-refractivity contribution in [3.63, 3.8) is 0 Å². The fraction of sp³-hybridized carbons (Fsp3) is 0.333. The molecule has 0 aliphatic rings. The Labute approximate surface area is 99.8 Å². The minimum atomic E-state index is 0.0121. The molecule has 0 aromatic heterocycles. The molecular weight excluding hydrogens is 226 g/mol. The lowest BCUT2D eigenvalue weighted by Gasteiger charge is -2.06. The van der Waals surface area contributed by atoms with Gasteiger partial charge >= 0.3 is 0 Å². The Hall–Kier alpha value is -1.35. The highest BCUT2D eigenvalue weighted by atomic mass is 35.5. The first-order valence-electron chi connectivity index (χ1n) is 5.17. The molecule has 1 aromatic rings. The highest BCUT2D eigenvalue weighted by molar-refractivity contribution is 6.31. The zero-order valence-electron chi connectivity index (χ0n) is 9.13. The minimum absolute atomic E-state index is 0.0121. The second-order valence-electron chi connectivity index (χ2n) is 3.50. The molecule has 1 rings (SSSR count). The van der Waals surface area contributed by atoms with Gasteiger partial charge in [0.15, 0.2) is 0 Å². The molecule has 3 nitrogen and oxygen atoms in total. The van der Waals surface area contributed by atoms with Gasteiger partial charge in [0.05, 0.1) is 0 Å². The number of amides is 1. The summed E-state index contributed by atoms with van der Waals surface area (Å²) in [4.78, 5) is 21.7. The number of halogens is 1. The average Bonchev–Trinajstić information content (AvgIpc) is 2.27. The molecule has 0 spiro atoms. The zero-order valence-corrected chi connectivity index (χ0v) is 9.88. The first-order valence-corrected chi connectivity index (χ1v) is 5.55. The monoisotopic (exact) mass is 239 g/mol. The third kappa shape index (κ3) is 3.66. The molecule has 0 saturated heterocycles. The van der Waals surface area contributed by atoms with Gasteiger partial charge in [-0.15, -0.1) is 0 Å². The summed E-state index contributed by atoms with van der Waals surface area (Å²) >= 11 is 5.96. The van der Waals surface area contributed by atoms with Gasteiger partial charge < -0.3 is 5.32 Å². The summed E-state index contributed by atoms with van der Waals surface area (Å²) in [5, 5.41) is 3.27. The number of aldehydes is 1. The molecule has 16 heavy (non-hydrogen) atoms. The van der Waals surface area contributed by atoms with E-state index in [9.17, 15) is 9.59 Å². The summed E-state index contributed by atoms with van der Waals surface area (Å²) in [5.74, 6) is 0.0121. The Kier molecular flexibility index (Phi) is 4.99. The molecule has 0 atom stereocenters. The summed E-state index contributed by atoms with van der Waals surface area (Å²) in [6, 6.07) is 5.02. The Morgan fingerprint density at radius 3 is 2.81 bits per heavy atom. The van der Waals surface area contributed by atoms with Crippen LogP contribution in [0.2, 0.25) is 5.02 Å². The number of hydrogen-bond acceptors (Lipinski definition) is 2. The standard InChI is InChI=1S/C12H14ClNO2/c1-2-3-12(16)14-7-10-5-4-9(8-15)6-11(10)13/h4-6,8H,2-3,7H2,1H3,(H,14,16). The minimum Gasteiger partial charge on any atom is -0.352 e. The van der Waals surface area contributed by atoms with Gasteiger partial charge in [0.2, 0.25) is 5.91 Å². The lowest BCUT2D eigenvalue weighted by molar-refractivity contribution is -0.121. The Morgan fingerprint density at radius 2 is 2.25 bits per heavy atom. The molecular formula is C12H14ClNO2. The van der Waals surface area contributed by atoms with Crippen LogP contribution < -0.4 is 5.32 Å². The van der Waals surface area contributed by atoms with Gasteiger partial charge in [0, 0.05) is 23.6 Å². The van der Waals surface area contributed by atoms with Crippen molar-refractivity contribution in [1.82, 2.24) is 5.32 Å². The fourth-order valence-electron chi connectivity index (χ4n) is 1.29. The van der Waals surface area contributed by atoms with E-state index in [0.29, 0.717) is 23.6 Å². The molecule has 86 valence electrons. The van der Waals surface area contributed by atoms with E-state index in [1.165, 1.54) is 0 Å². The number of carbonyl (C=O) groups is 2. The Balaban J connectivity index is 2.60. The largest absolute Gasteiger partial charge is 0.352 e. The summed E-state index contributed by atoms with van der Waals surface area (Å²) < 4.78 is 0. The van der Waals surface area contributed by atoms with Crippen molar-refractivity contribution >= 4 is 23.8 Å². The van der Waals surface area contributed by atoms with Gasteiger partial charge in [0.1, 0.15) is 6.29 Å².